The Morgan fingerprint density at radius 1 is 1.15 bits per heavy atom. The van der Waals surface area contributed by atoms with E-state index in [0.29, 0.717) is 29.4 Å². The van der Waals surface area contributed by atoms with Crippen LogP contribution in [0.15, 0.2) is 28.8 Å². The summed E-state index contributed by atoms with van der Waals surface area (Å²) >= 11 is 0. The molecule has 1 atom stereocenters. The van der Waals surface area contributed by atoms with Crippen LogP contribution in [0.2, 0.25) is 0 Å². The highest BCUT2D eigenvalue weighted by atomic mass is 16.5. The third-order valence-electron chi connectivity index (χ3n) is 3.66. The van der Waals surface area contributed by atoms with Gasteiger partial charge in [0.25, 0.3) is 5.91 Å². The number of hydrogen-bond donors (Lipinski definition) is 2. The average Bonchev–Trinajstić information content (AvgIpc) is 2.93. The normalized spacial score (nSPS) is 11.5. The second kappa shape index (κ2) is 8.89. The van der Waals surface area contributed by atoms with Crippen LogP contribution in [0.5, 0.6) is 11.5 Å². The molecule has 1 aromatic heterocycles. The smallest absolute Gasteiger partial charge is 0.279 e. The van der Waals surface area contributed by atoms with Crippen molar-refractivity contribution in [1.82, 2.24) is 16.0 Å². The Balaban J connectivity index is 1.80. The van der Waals surface area contributed by atoms with Crippen molar-refractivity contribution in [3.8, 4) is 11.5 Å². The summed E-state index contributed by atoms with van der Waals surface area (Å²) in [4.78, 5) is 24.0. The largest absolute Gasteiger partial charge is 0.494 e. The maximum absolute atomic E-state index is 12.1. The highest BCUT2D eigenvalue weighted by molar-refractivity contribution is 5.85. The van der Waals surface area contributed by atoms with E-state index in [2.05, 4.69) is 16.0 Å². The standard InChI is InChI=1S/C18H23N3O5/c1-5-24-14-6-8-15(9-7-14)25-13(4)18(23)20-19-17(22)10-16-11(2)21-26-12(16)3/h6-9,13H,5,10H2,1-4H3,(H,19,22)(H,20,23). The van der Waals surface area contributed by atoms with Gasteiger partial charge in [-0.1, -0.05) is 5.16 Å². The molecule has 0 radical (unpaired) electrons. The summed E-state index contributed by atoms with van der Waals surface area (Å²) in [6.45, 7) is 7.55. The lowest BCUT2D eigenvalue weighted by Crippen LogP contribution is -2.47. The van der Waals surface area contributed by atoms with Gasteiger partial charge in [-0.05, 0) is 52.0 Å². The van der Waals surface area contributed by atoms with Crippen LogP contribution in [0.4, 0.5) is 0 Å². The molecule has 1 aromatic carbocycles. The fourth-order valence-corrected chi connectivity index (χ4v) is 2.23. The first-order valence-corrected chi connectivity index (χ1v) is 8.30. The lowest BCUT2D eigenvalue weighted by atomic mass is 10.1. The van der Waals surface area contributed by atoms with Crippen molar-refractivity contribution < 1.29 is 23.6 Å². The molecule has 0 aliphatic carbocycles. The van der Waals surface area contributed by atoms with Crippen molar-refractivity contribution in [1.29, 1.82) is 0 Å². The number of rotatable bonds is 7. The second-order valence-electron chi connectivity index (χ2n) is 5.68. The topological polar surface area (TPSA) is 103 Å². The molecule has 2 N–H and O–H groups in total. The summed E-state index contributed by atoms with van der Waals surface area (Å²) in [6, 6.07) is 6.94. The van der Waals surface area contributed by atoms with E-state index in [1.807, 2.05) is 6.92 Å². The van der Waals surface area contributed by atoms with Gasteiger partial charge < -0.3 is 14.0 Å². The van der Waals surface area contributed by atoms with Gasteiger partial charge in [-0.25, -0.2) is 0 Å². The van der Waals surface area contributed by atoms with E-state index in [-0.39, 0.29) is 12.3 Å². The van der Waals surface area contributed by atoms with Gasteiger partial charge in [0, 0.05) is 5.56 Å². The number of nitrogens with zero attached hydrogens (tertiary/aromatic N) is 1. The average molecular weight is 361 g/mol. The number of ether oxygens (including phenoxy) is 2. The SMILES string of the molecule is CCOc1ccc(OC(C)C(=O)NNC(=O)Cc2c(C)noc2C)cc1. The number of aryl methyl sites for hydroxylation is 2. The molecule has 2 amide bonds. The highest BCUT2D eigenvalue weighted by Crippen LogP contribution is 2.18. The number of nitrogens with one attached hydrogen (secondary N) is 2. The van der Waals surface area contributed by atoms with Crippen molar-refractivity contribution >= 4 is 11.8 Å². The van der Waals surface area contributed by atoms with Crippen LogP contribution in [-0.4, -0.2) is 29.7 Å². The Kier molecular flexibility index (Phi) is 6.60. The molecular weight excluding hydrogens is 338 g/mol. The zero-order valence-corrected chi connectivity index (χ0v) is 15.3. The van der Waals surface area contributed by atoms with E-state index in [4.69, 9.17) is 14.0 Å². The van der Waals surface area contributed by atoms with Crippen molar-refractivity contribution in [3.05, 3.63) is 41.3 Å². The monoisotopic (exact) mass is 361 g/mol. The van der Waals surface area contributed by atoms with E-state index in [9.17, 15) is 9.59 Å². The molecule has 26 heavy (non-hydrogen) atoms. The summed E-state index contributed by atoms with van der Waals surface area (Å²) in [6.07, 6.45) is -0.720. The molecule has 8 heteroatoms. The van der Waals surface area contributed by atoms with Crippen LogP contribution in [0.3, 0.4) is 0 Å². The number of carbonyl (C=O) groups excluding carboxylic acids is 2. The van der Waals surface area contributed by atoms with E-state index in [1.54, 1.807) is 45.0 Å². The lowest BCUT2D eigenvalue weighted by Gasteiger charge is -2.15. The Hall–Kier alpha value is -3.03. The number of benzene rings is 1. The minimum absolute atomic E-state index is 0.0651. The highest BCUT2D eigenvalue weighted by Gasteiger charge is 2.17. The molecule has 1 unspecified atom stereocenters. The van der Waals surface area contributed by atoms with Crippen LogP contribution < -0.4 is 20.3 Å². The quantitative estimate of drug-likeness (QED) is 0.730. The number of carbonyl (C=O) groups is 2. The maximum atomic E-state index is 12.1. The number of aromatic nitrogens is 1. The van der Waals surface area contributed by atoms with E-state index in [1.165, 1.54) is 0 Å². The fourth-order valence-electron chi connectivity index (χ4n) is 2.23. The van der Waals surface area contributed by atoms with Gasteiger partial charge in [0.2, 0.25) is 5.91 Å². The third kappa shape index (κ3) is 5.23. The van der Waals surface area contributed by atoms with Crippen molar-refractivity contribution in [2.24, 2.45) is 0 Å². The first-order valence-electron chi connectivity index (χ1n) is 8.30. The van der Waals surface area contributed by atoms with Gasteiger partial charge in [-0.2, -0.15) is 0 Å². The molecular formula is C18H23N3O5. The molecule has 0 spiro atoms. The summed E-state index contributed by atoms with van der Waals surface area (Å²) in [7, 11) is 0. The Labute approximate surface area is 151 Å². The van der Waals surface area contributed by atoms with Gasteiger partial charge >= 0.3 is 0 Å². The molecule has 0 aliphatic rings. The first kappa shape index (κ1) is 19.3. The van der Waals surface area contributed by atoms with Crippen molar-refractivity contribution in [3.63, 3.8) is 0 Å². The number of hydrazine groups is 1. The maximum Gasteiger partial charge on any atom is 0.279 e. The molecule has 0 aliphatic heterocycles. The fraction of sp³-hybridized carbons (Fsp3) is 0.389. The minimum Gasteiger partial charge on any atom is -0.494 e. The molecule has 2 aromatic rings. The van der Waals surface area contributed by atoms with Crippen molar-refractivity contribution in [2.45, 2.75) is 40.2 Å². The van der Waals surface area contributed by atoms with Gasteiger partial charge in [-0.15, -0.1) is 0 Å². The second-order valence-corrected chi connectivity index (χ2v) is 5.68. The Morgan fingerprint density at radius 2 is 1.81 bits per heavy atom. The zero-order valence-electron chi connectivity index (χ0n) is 15.3. The minimum atomic E-state index is -0.785. The van der Waals surface area contributed by atoms with Crippen LogP contribution in [0.1, 0.15) is 30.9 Å². The molecule has 1 heterocycles. The summed E-state index contributed by atoms with van der Waals surface area (Å²) in [5.41, 5.74) is 6.06. The zero-order chi connectivity index (χ0) is 19.1. The molecule has 0 bridgehead atoms. The summed E-state index contributed by atoms with van der Waals surface area (Å²) < 4.78 is 15.9. The summed E-state index contributed by atoms with van der Waals surface area (Å²) in [5.74, 6) is 0.991. The predicted octanol–water partition coefficient (Wildman–Crippen LogP) is 1.85. The molecule has 0 fully saturated rings. The van der Waals surface area contributed by atoms with Crippen LogP contribution >= 0.6 is 0 Å². The molecule has 140 valence electrons. The lowest BCUT2D eigenvalue weighted by molar-refractivity contribution is -0.132. The molecule has 0 saturated carbocycles. The Bertz CT molecular complexity index is 735. The molecule has 8 nitrogen and oxygen atoms in total. The number of hydrogen-bond acceptors (Lipinski definition) is 6. The molecule has 0 saturated heterocycles. The van der Waals surface area contributed by atoms with Crippen LogP contribution in [0, 0.1) is 13.8 Å². The van der Waals surface area contributed by atoms with E-state index in [0.717, 1.165) is 5.75 Å². The first-order chi connectivity index (χ1) is 12.4. The van der Waals surface area contributed by atoms with Gasteiger partial charge in [0.05, 0.1) is 18.7 Å². The van der Waals surface area contributed by atoms with E-state index >= 15 is 0 Å². The van der Waals surface area contributed by atoms with Crippen LogP contribution in [-0.2, 0) is 16.0 Å². The Morgan fingerprint density at radius 3 is 2.38 bits per heavy atom. The van der Waals surface area contributed by atoms with Gasteiger partial charge in [0.1, 0.15) is 17.3 Å². The van der Waals surface area contributed by atoms with E-state index < -0.39 is 12.0 Å². The summed E-state index contributed by atoms with van der Waals surface area (Å²) in [5, 5.41) is 3.79. The predicted molar refractivity (Wildman–Crippen MR) is 93.7 cm³/mol. The van der Waals surface area contributed by atoms with Gasteiger partial charge in [0.15, 0.2) is 6.10 Å². The molecule has 2 rings (SSSR count). The van der Waals surface area contributed by atoms with Crippen LogP contribution in [0.25, 0.3) is 0 Å². The third-order valence-corrected chi connectivity index (χ3v) is 3.66. The number of amides is 2. The van der Waals surface area contributed by atoms with Crippen molar-refractivity contribution in [2.75, 3.05) is 6.61 Å². The van der Waals surface area contributed by atoms with Gasteiger partial charge in [-0.3, -0.25) is 20.4 Å².